The number of piperidine rings is 1. The number of benzene rings is 2. The standard InChI is InChI=1S/C20H21FN2O3/c1-23-18(24)11-10-17(19(23)13-6-8-14(21)9-7-13)20(25)22-15-4-3-5-16(12-15)26-2/h3-9,12,17,19H,10-11H2,1-2H3,(H,22,25)/t17-,19+/m0/s1. The number of carbonyl (C=O) groups excluding carboxylic acids is 2. The van der Waals surface area contributed by atoms with Crippen molar-refractivity contribution in [2.75, 3.05) is 19.5 Å². The topological polar surface area (TPSA) is 58.6 Å². The lowest BCUT2D eigenvalue weighted by Crippen LogP contribution is -2.44. The normalized spacial score (nSPS) is 20.0. The third-order valence-corrected chi connectivity index (χ3v) is 4.75. The average Bonchev–Trinajstić information content (AvgIpc) is 2.65. The highest BCUT2D eigenvalue weighted by Gasteiger charge is 2.38. The Labute approximate surface area is 151 Å². The van der Waals surface area contributed by atoms with Crippen molar-refractivity contribution >= 4 is 17.5 Å². The lowest BCUT2D eigenvalue weighted by atomic mass is 9.84. The van der Waals surface area contributed by atoms with Crippen molar-refractivity contribution < 1.29 is 18.7 Å². The van der Waals surface area contributed by atoms with Gasteiger partial charge in [-0.05, 0) is 36.2 Å². The molecule has 2 aromatic rings. The van der Waals surface area contributed by atoms with Crippen molar-refractivity contribution in [3.63, 3.8) is 0 Å². The summed E-state index contributed by atoms with van der Waals surface area (Å²) < 4.78 is 18.4. The number of ether oxygens (including phenoxy) is 1. The molecule has 0 saturated carbocycles. The number of carbonyl (C=O) groups is 2. The highest BCUT2D eigenvalue weighted by Crippen LogP contribution is 2.36. The first-order valence-corrected chi connectivity index (χ1v) is 8.45. The quantitative estimate of drug-likeness (QED) is 0.914. The van der Waals surface area contributed by atoms with Crippen molar-refractivity contribution in [1.29, 1.82) is 0 Å². The summed E-state index contributed by atoms with van der Waals surface area (Å²) in [5, 5.41) is 2.90. The molecule has 0 spiro atoms. The van der Waals surface area contributed by atoms with Crippen LogP contribution in [0.1, 0.15) is 24.4 Å². The van der Waals surface area contributed by atoms with Gasteiger partial charge in [-0.15, -0.1) is 0 Å². The van der Waals surface area contributed by atoms with Crippen molar-refractivity contribution in [3.05, 3.63) is 59.9 Å². The summed E-state index contributed by atoms with van der Waals surface area (Å²) in [7, 11) is 3.24. The maximum absolute atomic E-state index is 13.3. The molecule has 26 heavy (non-hydrogen) atoms. The molecule has 1 aliphatic heterocycles. The molecule has 0 aliphatic carbocycles. The molecule has 6 heteroatoms. The van der Waals surface area contributed by atoms with Crippen LogP contribution in [-0.4, -0.2) is 30.9 Å². The second-order valence-electron chi connectivity index (χ2n) is 6.37. The molecule has 0 aromatic heterocycles. The van der Waals surface area contributed by atoms with Crippen LogP contribution in [0.2, 0.25) is 0 Å². The number of hydrogen-bond acceptors (Lipinski definition) is 3. The second-order valence-corrected chi connectivity index (χ2v) is 6.37. The largest absolute Gasteiger partial charge is 0.497 e. The van der Waals surface area contributed by atoms with Gasteiger partial charge in [0.1, 0.15) is 11.6 Å². The van der Waals surface area contributed by atoms with Gasteiger partial charge < -0.3 is 15.0 Å². The maximum Gasteiger partial charge on any atom is 0.229 e. The van der Waals surface area contributed by atoms with E-state index in [9.17, 15) is 14.0 Å². The maximum atomic E-state index is 13.3. The molecular formula is C20H21FN2O3. The van der Waals surface area contributed by atoms with E-state index in [2.05, 4.69) is 5.32 Å². The van der Waals surface area contributed by atoms with E-state index in [1.165, 1.54) is 12.1 Å². The first kappa shape index (κ1) is 17.9. The summed E-state index contributed by atoms with van der Waals surface area (Å²) in [4.78, 5) is 26.6. The number of anilines is 1. The Hall–Kier alpha value is -2.89. The van der Waals surface area contributed by atoms with Crippen LogP contribution in [0, 0.1) is 11.7 Å². The molecule has 2 aromatic carbocycles. The molecule has 5 nitrogen and oxygen atoms in total. The van der Waals surface area contributed by atoms with E-state index in [1.807, 2.05) is 0 Å². The predicted octanol–water partition coefficient (Wildman–Crippen LogP) is 3.38. The van der Waals surface area contributed by atoms with Crippen molar-refractivity contribution in [2.45, 2.75) is 18.9 Å². The Morgan fingerprint density at radius 1 is 1.23 bits per heavy atom. The molecule has 0 bridgehead atoms. The molecule has 1 fully saturated rings. The number of nitrogens with zero attached hydrogens (tertiary/aromatic N) is 1. The zero-order chi connectivity index (χ0) is 18.7. The lowest BCUT2D eigenvalue weighted by molar-refractivity contribution is -0.140. The third-order valence-electron chi connectivity index (χ3n) is 4.75. The lowest BCUT2D eigenvalue weighted by Gasteiger charge is -2.38. The number of methoxy groups -OCH3 is 1. The van der Waals surface area contributed by atoms with Crippen molar-refractivity contribution in [2.24, 2.45) is 5.92 Å². The Bertz CT molecular complexity index is 807. The zero-order valence-electron chi connectivity index (χ0n) is 14.7. The van der Waals surface area contributed by atoms with Gasteiger partial charge in [-0.3, -0.25) is 9.59 Å². The molecular weight excluding hydrogens is 335 g/mol. The monoisotopic (exact) mass is 356 g/mol. The molecule has 0 radical (unpaired) electrons. The zero-order valence-corrected chi connectivity index (χ0v) is 14.7. The van der Waals surface area contributed by atoms with Gasteiger partial charge in [-0.25, -0.2) is 4.39 Å². The summed E-state index contributed by atoms with van der Waals surface area (Å²) in [5.41, 5.74) is 1.37. The molecule has 1 N–H and O–H groups in total. The summed E-state index contributed by atoms with van der Waals surface area (Å²) >= 11 is 0. The minimum atomic E-state index is -0.428. The van der Waals surface area contributed by atoms with Gasteiger partial charge in [0.15, 0.2) is 0 Å². The van der Waals surface area contributed by atoms with E-state index in [0.29, 0.717) is 24.3 Å². The van der Waals surface area contributed by atoms with E-state index in [1.54, 1.807) is 55.5 Å². The van der Waals surface area contributed by atoms with Gasteiger partial charge >= 0.3 is 0 Å². The van der Waals surface area contributed by atoms with Crippen LogP contribution >= 0.6 is 0 Å². The molecule has 1 saturated heterocycles. The second kappa shape index (κ2) is 7.56. The summed E-state index contributed by atoms with van der Waals surface area (Å²) in [6.45, 7) is 0. The Kier molecular flexibility index (Phi) is 5.21. The fourth-order valence-corrected chi connectivity index (χ4v) is 3.36. The summed E-state index contributed by atoms with van der Waals surface area (Å²) in [5.74, 6) is -0.323. The van der Waals surface area contributed by atoms with Gasteiger partial charge in [-0.1, -0.05) is 18.2 Å². The molecule has 1 aliphatic rings. The van der Waals surface area contributed by atoms with Crippen molar-refractivity contribution in [1.82, 2.24) is 4.90 Å². The minimum absolute atomic E-state index is 0.0234. The highest BCUT2D eigenvalue weighted by atomic mass is 19.1. The number of nitrogens with one attached hydrogen (secondary N) is 1. The number of hydrogen-bond donors (Lipinski definition) is 1. The van der Waals surface area contributed by atoms with Crippen LogP contribution in [0.4, 0.5) is 10.1 Å². The van der Waals surface area contributed by atoms with Crippen LogP contribution in [0.5, 0.6) is 5.75 Å². The third kappa shape index (κ3) is 3.69. The summed E-state index contributed by atoms with van der Waals surface area (Å²) in [6.07, 6.45) is 0.755. The highest BCUT2D eigenvalue weighted by molar-refractivity contribution is 5.94. The van der Waals surface area contributed by atoms with Gasteiger partial charge in [0, 0.05) is 25.2 Å². The summed E-state index contributed by atoms with van der Waals surface area (Å²) in [6, 6.07) is 12.6. The smallest absolute Gasteiger partial charge is 0.229 e. The first-order valence-electron chi connectivity index (χ1n) is 8.45. The van der Waals surface area contributed by atoms with E-state index < -0.39 is 12.0 Å². The molecule has 3 rings (SSSR count). The number of likely N-dealkylation sites (tertiary alicyclic amines) is 1. The Morgan fingerprint density at radius 3 is 2.65 bits per heavy atom. The number of halogens is 1. The molecule has 1 heterocycles. The van der Waals surface area contributed by atoms with Crippen LogP contribution in [-0.2, 0) is 9.59 Å². The van der Waals surface area contributed by atoms with E-state index in [-0.39, 0.29) is 17.6 Å². The van der Waals surface area contributed by atoms with E-state index in [0.717, 1.165) is 5.56 Å². The molecule has 2 atom stereocenters. The van der Waals surface area contributed by atoms with E-state index >= 15 is 0 Å². The van der Waals surface area contributed by atoms with Gasteiger partial charge in [-0.2, -0.15) is 0 Å². The van der Waals surface area contributed by atoms with Crippen LogP contribution in [0.3, 0.4) is 0 Å². The number of amides is 2. The predicted molar refractivity (Wildman–Crippen MR) is 96.3 cm³/mol. The van der Waals surface area contributed by atoms with Crippen LogP contribution in [0.25, 0.3) is 0 Å². The number of rotatable bonds is 4. The Balaban J connectivity index is 1.86. The minimum Gasteiger partial charge on any atom is -0.497 e. The fourth-order valence-electron chi connectivity index (χ4n) is 3.36. The van der Waals surface area contributed by atoms with Crippen LogP contribution < -0.4 is 10.1 Å². The molecule has 2 amide bonds. The Morgan fingerprint density at radius 2 is 1.96 bits per heavy atom. The fraction of sp³-hybridized carbons (Fsp3) is 0.300. The average molecular weight is 356 g/mol. The molecule has 136 valence electrons. The molecule has 0 unspecified atom stereocenters. The van der Waals surface area contributed by atoms with Gasteiger partial charge in [0.25, 0.3) is 0 Å². The van der Waals surface area contributed by atoms with Gasteiger partial charge in [0.05, 0.1) is 19.1 Å². The van der Waals surface area contributed by atoms with E-state index in [4.69, 9.17) is 4.74 Å². The van der Waals surface area contributed by atoms with Crippen molar-refractivity contribution in [3.8, 4) is 5.75 Å². The first-order chi connectivity index (χ1) is 12.5. The SMILES string of the molecule is COc1cccc(NC(=O)[C@H]2CCC(=O)N(C)[C@@H]2c2ccc(F)cc2)c1. The van der Waals surface area contributed by atoms with Crippen LogP contribution in [0.15, 0.2) is 48.5 Å². The van der Waals surface area contributed by atoms with Gasteiger partial charge in [0.2, 0.25) is 11.8 Å².